The van der Waals surface area contributed by atoms with Gasteiger partial charge in [-0.25, -0.2) is 0 Å². The highest BCUT2D eigenvalue weighted by Crippen LogP contribution is 2.19. The first-order valence-electron chi connectivity index (χ1n) is 8.21. The van der Waals surface area contributed by atoms with Crippen molar-refractivity contribution in [3.05, 3.63) is 65.2 Å². The van der Waals surface area contributed by atoms with Crippen LogP contribution in [0.1, 0.15) is 34.3 Å². The lowest BCUT2D eigenvalue weighted by molar-refractivity contribution is -0.137. The first-order valence-corrected chi connectivity index (χ1v) is 9.43. The zero-order chi connectivity index (χ0) is 18.2. The third-order valence-electron chi connectivity index (χ3n) is 4.06. The van der Waals surface area contributed by atoms with E-state index in [1.54, 1.807) is 11.8 Å². The molecule has 5 heteroatoms. The minimum Gasteiger partial charge on any atom is -0.481 e. The zero-order valence-electron chi connectivity index (χ0n) is 14.5. The number of carboxylic acid groups (broad SMARTS) is 1. The smallest absolute Gasteiger partial charge is 0.303 e. The number of hydrogen-bond acceptors (Lipinski definition) is 3. The van der Waals surface area contributed by atoms with E-state index in [0.29, 0.717) is 18.4 Å². The second-order valence-electron chi connectivity index (χ2n) is 5.97. The van der Waals surface area contributed by atoms with Crippen LogP contribution in [0.5, 0.6) is 0 Å². The number of carbonyl (C=O) groups is 2. The lowest BCUT2D eigenvalue weighted by Crippen LogP contribution is -2.37. The number of nitrogens with one attached hydrogen (secondary N) is 1. The molecule has 0 radical (unpaired) electrons. The minimum absolute atomic E-state index is 0.0294. The van der Waals surface area contributed by atoms with Gasteiger partial charge in [-0.15, -0.1) is 11.8 Å². The van der Waals surface area contributed by atoms with Crippen LogP contribution >= 0.6 is 11.8 Å². The number of benzene rings is 2. The second kappa shape index (κ2) is 9.28. The van der Waals surface area contributed by atoms with Gasteiger partial charge in [0, 0.05) is 22.9 Å². The summed E-state index contributed by atoms with van der Waals surface area (Å²) in [4.78, 5) is 24.7. The van der Waals surface area contributed by atoms with Crippen molar-refractivity contribution < 1.29 is 14.7 Å². The van der Waals surface area contributed by atoms with Crippen LogP contribution in [-0.4, -0.2) is 29.3 Å². The Hall–Kier alpha value is -2.27. The van der Waals surface area contributed by atoms with Gasteiger partial charge in [-0.1, -0.05) is 36.4 Å². The highest BCUT2D eigenvalue weighted by Gasteiger charge is 2.17. The van der Waals surface area contributed by atoms with Crippen LogP contribution in [0.4, 0.5) is 0 Å². The van der Waals surface area contributed by atoms with E-state index in [1.807, 2.05) is 61.7 Å². The summed E-state index contributed by atoms with van der Waals surface area (Å²) in [5.41, 5.74) is 2.63. The molecule has 132 valence electrons. The van der Waals surface area contributed by atoms with E-state index in [-0.39, 0.29) is 18.4 Å². The molecule has 0 aliphatic rings. The van der Waals surface area contributed by atoms with Crippen LogP contribution in [0, 0.1) is 6.92 Å². The van der Waals surface area contributed by atoms with Crippen LogP contribution in [0.15, 0.2) is 53.4 Å². The van der Waals surface area contributed by atoms with Crippen LogP contribution in [0.25, 0.3) is 0 Å². The largest absolute Gasteiger partial charge is 0.481 e. The molecule has 0 bridgehead atoms. The lowest BCUT2D eigenvalue weighted by atomic mass is 10.0. The molecular formula is C20H23NO3S. The van der Waals surface area contributed by atoms with Crippen LogP contribution in [0.3, 0.4) is 0 Å². The fraction of sp³-hybridized carbons (Fsp3) is 0.300. The van der Waals surface area contributed by atoms with Gasteiger partial charge in [0.15, 0.2) is 0 Å². The molecule has 0 saturated carbocycles. The predicted molar refractivity (Wildman–Crippen MR) is 101 cm³/mol. The molecule has 1 atom stereocenters. The summed E-state index contributed by atoms with van der Waals surface area (Å²) in [6.07, 6.45) is 3.01. The molecule has 0 fully saturated rings. The normalized spacial score (nSPS) is 11.8. The van der Waals surface area contributed by atoms with Crippen molar-refractivity contribution in [1.29, 1.82) is 0 Å². The predicted octanol–water partition coefficient (Wildman–Crippen LogP) is 3.92. The first kappa shape index (κ1) is 19.1. The van der Waals surface area contributed by atoms with Crippen molar-refractivity contribution in [2.45, 2.75) is 37.1 Å². The van der Waals surface area contributed by atoms with Crippen LogP contribution < -0.4 is 5.32 Å². The van der Waals surface area contributed by atoms with Crippen molar-refractivity contribution in [3.63, 3.8) is 0 Å². The third-order valence-corrected chi connectivity index (χ3v) is 4.78. The Morgan fingerprint density at radius 3 is 2.52 bits per heavy atom. The Labute approximate surface area is 152 Å². The van der Waals surface area contributed by atoms with Gasteiger partial charge in [-0.05, 0) is 49.3 Å². The Bertz CT molecular complexity index is 731. The molecule has 0 heterocycles. The quantitative estimate of drug-likeness (QED) is 0.703. The number of carboxylic acids is 1. The van der Waals surface area contributed by atoms with Gasteiger partial charge < -0.3 is 10.4 Å². The Balaban J connectivity index is 2.14. The van der Waals surface area contributed by atoms with E-state index in [4.69, 9.17) is 5.11 Å². The number of carbonyl (C=O) groups excluding carboxylic acids is 1. The summed E-state index contributed by atoms with van der Waals surface area (Å²) in [6, 6.07) is 15.4. The standard InChI is InChI=1S/C20H23NO3S/c1-14-8-10-17(25-2)13-18(14)20(24)21-16(9-11-19(22)23)12-15-6-4-3-5-7-15/h3-8,10,13,16H,9,11-12H2,1-2H3,(H,21,24)(H,22,23). The summed E-state index contributed by atoms with van der Waals surface area (Å²) >= 11 is 1.59. The van der Waals surface area contributed by atoms with Crippen molar-refractivity contribution in [3.8, 4) is 0 Å². The molecule has 0 aromatic heterocycles. The van der Waals surface area contributed by atoms with Gasteiger partial charge >= 0.3 is 5.97 Å². The molecule has 1 amide bonds. The Morgan fingerprint density at radius 1 is 1.16 bits per heavy atom. The average molecular weight is 357 g/mol. The van der Waals surface area contributed by atoms with Crippen molar-refractivity contribution >= 4 is 23.6 Å². The molecular weight excluding hydrogens is 334 g/mol. The maximum absolute atomic E-state index is 12.7. The molecule has 4 nitrogen and oxygen atoms in total. The van der Waals surface area contributed by atoms with E-state index >= 15 is 0 Å². The van der Waals surface area contributed by atoms with E-state index in [9.17, 15) is 9.59 Å². The fourth-order valence-electron chi connectivity index (χ4n) is 2.66. The maximum atomic E-state index is 12.7. The van der Waals surface area contributed by atoms with Gasteiger partial charge in [-0.3, -0.25) is 9.59 Å². The van der Waals surface area contributed by atoms with Crippen molar-refractivity contribution in [2.75, 3.05) is 6.26 Å². The lowest BCUT2D eigenvalue weighted by Gasteiger charge is -2.19. The molecule has 0 aliphatic carbocycles. The number of thioether (sulfide) groups is 1. The van der Waals surface area contributed by atoms with E-state index in [0.717, 1.165) is 16.0 Å². The molecule has 2 aromatic carbocycles. The zero-order valence-corrected chi connectivity index (χ0v) is 15.3. The molecule has 0 aliphatic heterocycles. The first-order chi connectivity index (χ1) is 12.0. The highest BCUT2D eigenvalue weighted by atomic mass is 32.2. The van der Waals surface area contributed by atoms with Crippen molar-refractivity contribution in [1.82, 2.24) is 5.32 Å². The number of rotatable bonds is 8. The third kappa shape index (κ3) is 5.94. The molecule has 2 aromatic rings. The van der Waals surface area contributed by atoms with Crippen LogP contribution in [0.2, 0.25) is 0 Å². The Kier molecular flexibility index (Phi) is 7.07. The minimum atomic E-state index is -0.854. The molecule has 1 unspecified atom stereocenters. The molecule has 0 saturated heterocycles. The van der Waals surface area contributed by atoms with E-state index in [1.165, 1.54) is 0 Å². The summed E-state index contributed by atoms with van der Waals surface area (Å²) in [7, 11) is 0. The van der Waals surface area contributed by atoms with Crippen LogP contribution in [-0.2, 0) is 11.2 Å². The topological polar surface area (TPSA) is 66.4 Å². The SMILES string of the molecule is CSc1ccc(C)c(C(=O)NC(CCC(=O)O)Cc2ccccc2)c1. The van der Waals surface area contributed by atoms with Gasteiger partial charge in [0.25, 0.3) is 5.91 Å². The van der Waals surface area contributed by atoms with E-state index in [2.05, 4.69) is 5.32 Å². The second-order valence-corrected chi connectivity index (χ2v) is 6.85. The maximum Gasteiger partial charge on any atom is 0.303 e. The summed E-state index contributed by atoms with van der Waals surface area (Å²) in [6.45, 7) is 1.91. The van der Waals surface area contributed by atoms with Gasteiger partial charge in [0.05, 0.1) is 0 Å². The number of hydrogen-bond donors (Lipinski definition) is 2. The Morgan fingerprint density at radius 2 is 1.88 bits per heavy atom. The summed E-state index contributed by atoms with van der Waals surface area (Å²) in [5, 5.41) is 12.0. The molecule has 2 N–H and O–H groups in total. The van der Waals surface area contributed by atoms with Gasteiger partial charge in [0.2, 0.25) is 0 Å². The number of aliphatic carboxylic acids is 1. The monoisotopic (exact) mass is 357 g/mol. The van der Waals surface area contributed by atoms with Gasteiger partial charge in [0.1, 0.15) is 0 Å². The number of aryl methyl sites for hydroxylation is 1. The van der Waals surface area contributed by atoms with Crippen molar-refractivity contribution in [2.24, 2.45) is 0 Å². The molecule has 25 heavy (non-hydrogen) atoms. The highest BCUT2D eigenvalue weighted by molar-refractivity contribution is 7.98. The molecule has 2 rings (SSSR count). The summed E-state index contributed by atoms with van der Waals surface area (Å²) < 4.78 is 0. The van der Waals surface area contributed by atoms with Gasteiger partial charge in [-0.2, -0.15) is 0 Å². The summed E-state index contributed by atoms with van der Waals surface area (Å²) in [5.74, 6) is -1.01. The fourth-order valence-corrected chi connectivity index (χ4v) is 3.10. The van der Waals surface area contributed by atoms with E-state index < -0.39 is 5.97 Å². The number of amides is 1. The molecule has 0 spiro atoms. The average Bonchev–Trinajstić information content (AvgIpc) is 2.61.